The molecule has 13 nitrogen and oxygen atoms in total. The highest BCUT2D eigenvalue weighted by Crippen LogP contribution is 2.32. The van der Waals surface area contributed by atoms with Gasteiger partial charge in [-0.1, -0.05) is 23.2 Å². The van der Waals surface area contributed by atoms with Crippen LogP contribution in [-0.2, 0) is 20.8 Å². The molecule has 0 aliphatic carbocycles. The number of ether oxygens (including phenoxy) is 2. The highest BCUT2D eigenvalue weighted by molar-refractivity contribution is 7.80. The predicted octanol–water partition coefficient (Wildman–Crippen LogP) is 5.13. The summed E-state index contributed by atoms with van der Waals surface area (Å²) in [4.78, 5) is 45.8. The Morgan fingerprint density at radius 3 is 2.36 bits per heavy atom. The van der Waals surface area contributed by atoms with Crippen molar-refractivity contribution in [1.82, 2.24) is 19.3 Å². The van der Waals surface area contributed by atoms with Crippen LogP contribution in [0.1, 0.15) is 40.5 Å². The van der Waals surface area contributed by atoms with E-state index in [1.54, 1.807) is 26.8 Å². The van der Waals surface area contributed by atoms with Crippen LogP contribution in [0.25, 0.3) is 16.6 Å². The zero-order chi connectivity index (χ0) is 34.0. The van der Waals surface area contributed by atoms with Crippen molar-refractivity contribution in [3.8, 4) is 11.4 Å². The summed E-state index contributed by atoms with van der Waals surface area (Å²) >= 11 is 9.97. The summed E-state index contributed by atoms with van der Waals surface area (Å²) in [6, 6.07) is 13.5. The van der Waals surface area contributed by atoms with Crippen LogP contribution in [0.2, 0.25) is 10.0 Å². The zero-order valence-electron chi connectivity index (χ0n) is 25.4. The van der Waals surface area contributed by atoms with Crippen molar-refractivity contribution in [1.29, 1.82) is 0 Å². The fourth-order valence-corrected chi connectivity index (χ4v) is 5.64. The van der Waals surface area contributed by atoms with E-state index in [1.807, 2.05) is 0 Å². The molecular weight excluding hydrogens is 671 g/mol. The molecule has 2 atom stereocenters. The molecule has 5 aromatic rings. The van der Waals surface area contributed by atoms with E-state index in [2.05, 4.69) is 15.1 Å². The number of halogens is 2. The van der Waals surface area contributed by atoms with Gasteiger partial charge in [0.25, 0.3) is 11.5 Å². The Kier molecular flexibility index (Phi) is 9.96. The number of amides is 1. The Morgan fingerprint density at radius 1 is 1.04 bits per heavy atom. The molecule has 244 valence electrons. The Balaban J connectivity index is 1.76. The van der Waals surface area contributed by atoms with Gasteiger partial charge in [0, 0.05) is 22.6 Å². The summed E-state index contributed by atoms with van der Waals surface area (Å²) in [7, 11) is 1.39. The number of rotatable bonds is 10. The second kappa shape index (κ2) is 13.9. The van der Waals surface area contributed by atoms with Gasteiger partial charge in [-0.05, 0) is 81.4 Å². The SMILES string of the molecule is CCOC(=O)c1ccc(-n2c(C(C(=O)Nc3cc(NS(=O)[O-])ccc3OC)n3nc(C)cc3C)nc3cc(Cl)c(Cl)cc3c2=O)cc1. The lowest BCUT2D eigenvalue weighted by Crippen LogP contribution is -2.35. The molecule has 2 heterocycles. The minimum atomic E-state index is -2.63. The van der Waals surface area contributed by atoms with Crippen molar-refractivity contribution in [3.05, 3.63) is 104 Å². The van der Waals surface area contributed by atoms with Gasteiger partial charge in [0.05, 0.1) is 57.3 Å². The number of carbonyl (C=O) groups excluding carboxylic acids is 2. The number of benzene rings is 3. The molecule has 0 aliphatic heterocycles. The predicted molar refractivity (Wildman–Crippen MR) is 177 cm³/mol. The molecule has 1 amide bonds. The summed E-state index contributed by atoms with van der Waals surface area (Å²) in [5.41, 5.74) is 1.56. The fraction of sp³-hybridized carbons (Fsp3) is 0.194. The molecule has 0 saturated heterocycles. The van der Waals surface area contributed by atoms with E-state index in [1.165, 1.54) is 71.0 Å². The van der Waals surface area contributed by atoms with Crippen LogP contribution in [0.5, 0.6) is 5.75 Å². The molecule has 0 saturated carbocycles. The van der Waals surface area contributed by atoms with Gasteiger partial charge >= 0.3 is 5.97 Å². The molecule has 2 aromatic heterocycles. The standard InChI is InChI=1S/C31H28Cl2N6O7S/c1-5-46-31(42)18-6-9-20(10-7-18)38-28(34-24-15-23(33)22(32)14-21(24)30(38)41)27(39-17(3)12-16(2)36-39)29(40)35-25-13-19(37-47(43)44)8-11-26(25)45-4/h6-15,27,37H,5H2,1-4H3,(H,35,40)(H,43,44)/p-1. The van der Waals surface area contributed by atoms with Gasteiger partial charge in [-0.15, -0.1) is 0 Å². The first-order chi connectivity index (χ1) is 22.4. The lowest BCUT2D eigenvalue weighted by Gasteiger charge is -2.23. The normalized spacial score (nSPS) is 12.4. The van der Waals surface area contributed by atoms with Crippen LogP contribution in [0.3, 0.4) is 0 Å². The Morgan fingerprint density at radius 2 is 1.74 bits per heavy atom. The van der Waals surface area contributed by atoms with E-state index in [0.29, 0.717) is 11.4 Å². The number of aryl methyl sites for hydroxylation is 2. The molecule has 0 bridgehead atoms. The summed E-state index contributed by atoms with van der Waals surface area (Å²) in [6.45, 7) is 5.35. The molecular formula is C31H27Cl2N6O7S-. The van der Waals surface area contributed by atoms with Crippen LogP contribution in [0.15, 0.2) is 65.5 Å². The first-order valence-electron chi connectivity index (χ1n) is 14.0. The van der Waals surface area contributed by atoms with Crippen molar-refractivity contribution < 1.29 is 27.8 Å². The monoisotopic (exact) mass is 697 g/mol. The highest BCUT2D eigenvalue weighted by Gasteiger charge is 2.32. The lowest BCUT2D eigenvalue weighted by atomic mass is 10.1. The third kappa shape index (κ3) is 7.00. The van der Waals surface area contributed by atoms with Gasteiger partial charge in [-0.25, -0.2) is 14.5 Å². The number of methoxy groups -OCH3 is 1. The van der Waals surface area contributed by atoms with Crippen LogP contribution in [0, 0.1) is 13.8 Å². The molecule has 2 unspecified atom stereocenters. The Bertz CT molecular complexity index is 2100. The fourth-order valence-electron chi connectivity index (χ4n) is 5.00. The molecule has 2 N–H and O–H groups in total. The second-order valence-corrected chi connectivity index (χ2v) is 11.7. The van der Waals surface area contributed by atoms with E-state index in [-0.39, 0.29) is 61.8 Å². The average molecular weight is 699 g/mol. The maximum absolute atomic E-state index is 14.4. The van der Waals surface area contributed by atoms with E-state index in [4.69, 9.17) is 37.7 Å². The van der Waals surface area contributed by atoms with E-state index in [9.17, 15) is 23.1 Å². The first-order valence-corrected chi connectivity index (χ1v) is 15.8. The molecule has 0 aliphatic rings. The lowest BCUT2D eigenvalue weighted by molar-refractivity contribution is -0.118. The van der Waals surface area contributed by atoms with Gasteiger partial charge < -0.3 is 24.1 Å². The summed E-state index contributed by atoms with van der Waals surface area (Å²) < 4.78 is 38.0. The smallest absolute Gasteiger partial charge is 0.338 e. The van der Waals surface area contributed by atoms with Gasteiger partial charge in [-0.3, -0.25) is 18.4 Å². The molecule has 5 rings (SSSR count). The molecule has 47 heavy (non-hydrogen) atoms. The molecule has 0 fully saturated rings. The van der Waals surface area contributed by atoms with Crippen molar-refractivity contribution in [3.63, 3.8) is 0 Å². The Hall–Kier alpha value is -4.76. The highest BCUT2D eigenvalue weighted by atomic mass is 35.5. The maximum atomic E-state index is 14.4. The van der Waals surface area contributed by atoms with E-state index >= 15 is 0 Å². The Labute approximate surface area is 280 Å². The second-order valence-electron chi connectivity index (χ2n) is 10.2. The molecule has 0 radical (unpaired) electrons. The number of anilines is 2. The van der Waals surface area contributed by atoms with Crippen LogP contribution in [0.4, 0.5) is 11.4 Å². The number of hydrogen-bond donors (Lipinski definition) is 2. The van der Waals surface area contributed by atoms with Crippen LogP contribution < -0.4 is 20.3 Å². The minimum absolute atomic E-state index is 0.0533. The number of carbonyl (C=O) groups is 2. The molecule has 0 spiro atoms. The zero-order valence-corrected chi connectivity index (χ0v) is 27.7. The number of fused-ring (bicyclic) bond motifs is 1. The molecule has 16 heteroatoms. The van der Waals surface area contributed by atoms with Gasteiger partial charge in [0.2, 0.25) is 0 Å². The number of aromatic nitrogens is 4. The van der Waals surface area contributed by atoms with Crippen LogP contribution in [-0.4, -0.2) is 53.7 Å². The van der Waals surface area contributed by atoms with Crippen molar-refractivity contribution >= 4 is 68.6 Å². The van der Waals surface area contributed by atoms with Crippen molar-refractivity contribution in [2.75, 3.05) is 23.8 Å². The number of hydrogen-bond acceptors (Lipinski definition) is 9. The van der Waals surface area contributed by atoms with Gasteiger partial charge in [0.1, 0.15) is 5.75 Å². The van der Waals surface area contributed by atoms with Crippen molar-refractivity contribution in [2.45, 2.75) is 26.8 Å². The number of nitrogens with one attached hydrogen (secondary N) is 2. The summed E-state index contributed by atoms with van der Waals surface area (Å²) in [5, 5.41) is 7.73. The van der Waals surface area contributed by atoms with E-state index < -0.39 is 34.7 Å². The van der Waals surface area contributed by atoms with Gasteiger partial charge in [-0.2, -0.15) is 5.10 Å². The van der Waals surface area contributed by atoms with Crippen molar-refractivity contribution in [2.24, 2.45) is 0 Å². The summed E-state index contributed by atoms with van der Waals surface area (Å²) in [6.07, 6.45) is 0. The topological polar surface area (TPSA) is 170 Å². The van der Waals surface area contributed by atoms with E-state index in [0.717, 1.165) is 0 Å². The summed E-state index contributed by atoms with van der Waals surface area (Å²) in [5.74, 6) is -1.07. The third-order valence-electron chi connectivity index (χ3n) is 7.01. The van der Waals surface area contributed by atoms with Crippen LogP contribution >= 0.6 is 23.2 Å². The quantitative estimate of drug-likeness (QED) is 0.148. The minimum Gasteiger partial charge on any atom is -0.755 e. The van der Waals surface area contributed by atoms with Gasteiger partial charge in [0.15, 0.2) is 11.9 Å². The number of nitrogens with zero attached hydrogens (tertiary/aromatic N) is 4. The maximum Gasteiger partial charge on any atom is 0.338 e. The largest absolute Gasteiger partial charge is 0.755 e. The third-order valence-corrected chi connectivity index (χ3v) is 8.14. The average Bonchev–Trinajstić information content (AvgIpc) is 3.35. The molecule has 3 aromatic carbocycles. The number of esters is 1. The first kappa shape index (κ1) is 33.6.